The van der Waals surface area contributed by atoms with Crippen molar-refractivity contribution in [3.8, 4) is 0 Å². The zero-order chi connectivity index (χ0) is 27.9. The van der Waals surface area contributed by atoms with Gasteiger partial charge in [-0.1, -0.05) is 11.6 Å². The summed E-state index contributed by atoms with van der Waals surface area (Å²) in [4.78, 5) is 21.9. The molecule has 4 N–H and O–H groups in total. The second kappa shape index (κ2) is 11.1. The van der Waals surface area contributed by atoms with E-state index in [4.69, 9.17) is 21.5 Å². The predicted molar refractivity (Wildman–Crippen MR) is 138 cm³/mol. The molecule has 15 heteroatoms. The van der Waals surface area contributed by atoms with Crippen LogP contribution in [0.1, 0.15) is 50.9 Å². The van der Waals surface area contributed by atoms with Gasteiger partial charge in [-0.25, -0.2) is 23.9 Å². The average Bonchev–Trinajstić information content (AvgIpc) is 3.44. The van der Waals surface area contributed by atoms with Crippen LogP contribution in [-0.2, 0) is 25.6 Å². The van der Waals surface area contributed by atoms with Crippen molar-refractivity contribution in [2.45, 2.75) is 37.5 Å². The van der Waals surface area contributed by atoms with Gasteiger partial charge in [0.1, 0.15) is 18.2 Å². The van der Waals surface area contributed by atoms with Crippen molar-refractivity contribution >= 4 is 44.8 Å². The summed E-state index contributed by atoms with van der Waals surface area (Å²) in [5.41, 5.74) is 1.67. The number of thiophene rings is 1. The van der Waals surface area contributed by atoms with Gasteiger partial charge in [0.2, 0.25) is 5.78 Å². The zero-order valence-corrected chi connectivity index (χ0v) is 22.5. The quantitative estimate of drug-likeness (QED) is 0.331. The molecule has 3 heterocycles. The van der Waals surface area contributed by atoms with E-state index in [9.17, 15) is 27.1 Å². The van der Waals surface area contributed by atoms with Crippen LogP contribution in [0.4, 0.5) is 14.6 Å². The van der Waals surface area contributed by atoms with Crippen molar-refractivity contribution in [1.29, 1.82) is 0 Å². The van der Waals surface area contributed by atoms with Crippen LogP contribution < -0.4 is 10.5 Å². The van der Waals surface area contributed by atoms with E-state index in [0.29, 0.717) is 29.5 Å². The van der Waals surface area contributed by atoms with E-state index < -0.39 is 45.8 Å². The molecule has 1 saturated carbocycles. The standard InChI is InChI=1S/C24H23ClF2N4O6S2/c25-23-15(22-14-6-18(27)17(26)4-11(14)1-2-36-22)7-20(38-23)21(33)16-8-29-10-30-24(16)31-13-3-12(19(32)5-13)9-37-39(28,34)35/h4,6-8,10,12-13,19,22,32H,1-3,5,9H2,(H2,28,34,35)(H,29,30,31)/t12-,13-,19+,22?/m1/s1. The fraction of sp³-hybridized carbons (Fsp3) is 0.375. The van der Waals surface area contributed by atoms with E-state index in [2.05, 4.69) is 19.5 Å². The third kappa shape index (κ3) is 6.11. The molecule has 0 amide bonds. The average molecular weight is 601 g/mol. The number of carbonyl (C=O) groups is 1. The number of nitrogens with one attached hydrogen (secondary N) is 1. The Morgan fingerprint density at radius 2 is 2.03 bits per heavy atom. The Hall–Kier alpha value is -2.59. The maximum absolute atomic E-state index is 14.0. The number of ether oxygens (including phenoxy) is 1. The van der Waals surface area contributed by atoms with Gasteiger partial charge in [-0.15, -0.1) is 11.3 Å². The molecule has 1 fully saturated rings. The molecule has 1 aliphatic carbocycles. The minimum absolute atomic E-state index is 0.152. The first-order valence-electron chi connectivity index (χ1n) is 11.8. The Morgan fingerprint density at radius 3 is 2.79 bits per heavy atom. The SMILES string of the molecule is NS(=O)(=O)OC[C@H]1C[C@@H](Nc2ncncc2C(=O)c2cc(C3OCCc4cc(F)c(F)cc43)c(Cl)s2)C[C@@H]1O. The molecule has 1 aliphatic heterocycles. The number of aliphatic hydroxyl groups excluding tert-OH is 1. The number of halogens is 3. The lowest BCUT2D eigenvalue weighted by Crippen LogP contribution is -2.24. The first kappa shape index (κ1) is 28.0. The van der Waals surface area contributed by atoms with E-state index in [1.54, 1.807) is 6.07 Å². The summed E-state index contributed by atoms with van der Waals surface area (Å²) in [5.74, 6) is -2.63. The Bertz CT molecular complexity index is 1520. The van der Waals surface area contributed by atoms with E-state index in [1.807, 2.05) is 0 Å². The minimum Gasteiger partial charge on any atom is -0.393 e. The fourth-order valence-electron chi connectivity index (χ4n) is 4.89. The lowest BCUT2D eigenvalue weighted by atomic mass is 9.93. The lowest BCUT2D eigenvalue weighted by Gasteiger charge is -2.26. The van der Waals surface area contributed by atoms with Gasteiger partial charge < -0.3 is 15.2 Å². The molecular formula is C24H23ClF2N4O6S2. The zero-order valence-electron chi connectivity index (χ0n) is 20.1. The number of fused-ring (bicyclic) bond motifs is 1. The van der Waals surface area contributed by atoms with Crippen LogP contribution in [0.5, 0.6) is 0 Å². The molecule has 2 aliphatic rings. The minimum atomic E-state index is -4.14. The number of carbonyl (C=O) groups excluding carboxylic acids is 1. The van der Waals surface area contributed by atoms with Crippen molar-refractivity contribution in [2.75, 3.05) is 18.5 Å². The number of hydrogen-bond donors (Lipinski definition) is 3. The van der Waals surface area contributed by atoms with Gasteiger partial charge in [-0.05, 0) is 48.6 Å². The third-order valence-corrected chi connectivity index (χ3v) is 8.59. The topological polar surface area (TPSA) is 154 Å². The molecule has 1 unspecified atom stereocenters. The van der Waals surface area contributed by atoms with Crippen LogP contribution in [-0.4, -0.2) is 54.6 Å². The predicted octanol–water partition coefficient (Wildman–Crippen LogP) is 3.13. The number of nitrogens with zero attached hydrogens (tertiary/aromatic N) is 2. The number of ketones is 1. The molecule has 5 rings (SSSR count). The van der Waals surface area contributed by atoms with Gasteiger partial charge in [0.25, 0.3) is 0 Å². The Balaban J connectivity index is 1.36. The summed E-state index contributed by atoms with van der Waals surface area (Å²) >= 11 is 7.51. The maximum Gasteiger partial charge on any atom is 0.333 e. The van der Waals surface area contributed by atoms with Crippen molar-refractivity contribution in [3.63, 3.8) is 0 Å². The number of benzene rings is 1. The lowest BCUT2D eigenvalue weighted by molar-refractivity contribution is 0.0696. The molecule has 0 bridgehead atoms. The Morgan fingerprint density at radius 1 is 1.26 bits per heavy atom. The highest BCUT2D eigenvalue weighted by Crippen LogP contribution is 2.41. The van der Waals surface area contributed by atoms with E-state index >= 15 is 0 Å². The van der Waals surface area contributed by atoms with E-state index in [1.165, 1.54) is 12.5 Å². The molecule has 0 radical (unpaired) electrons. The van der Waals surface area contributed by atoms with Crippen LogP contribution in [0.25, 0.3) is 0 Å². The summed E-state index contributed by atoms with van der Waals surface area (Å²) in [5, 5.41) is 18.3. The second-order valence-corrected chi connectivity index (χ2v) is 12.2. The van der Waals surface area contributed by atoms with Crippen LogP contribution >= 0.6 is 22.9 Å². The van der Waals surface area contributed by atoms with Gasteiger partial charge in [-0.2, -0.15) is 8.42 Å². The monoisotopic (exact) mass is 600 g/mol. The molecule has 10 nitrogen and oxygen atoms in total. The number of rotatable bonds is 8. The largest absolute Gasteiger partial charge is 0.393 e. The smallest absolute Gasteiger partial charge is 0.333 e. The van der Waals surface area contributed by atoms with Crippen LogP contribution in [0.3, 0.4) is 0 Å². The van der Waals surface area contributed by atoms with E-state index in [0.717, 1.165) is 23.5 Å². The Labute approximate surface area is 231 Å². The van der Waals surface area contributed by atoms with E-state index in [-0.39, 0.29) is 46.3 Å². The molecule has 3 aromatic rings. The molecule has 4 atom stereocenters. The van der Waals surface area contributed by atoms with Gasteiger partial charge in [-0.3, -0.25) is 8.98 Å². The van der Waals surface area contributed by atoms with Crippen LogP contribution in [0, 0.1) is 17.6 Å². The first-order chi connectivity index (χ1) is 18.5. The molecular weight excluding hydrogens is 578 g/mol. The van der Waals surface area contributed by atoms with Gasteiger partial charge in [0.15, 0.2) is 11.6 Å². The van der Waals surface area contributed by atoms with Crippen molar-refractivity contribution in [1.82, 2.24) is 9.97 Å². The highest BCUT2D eigenvalue weighted by atomic mass is 35.5. The molecule has 0 spiro atoms. The molecule has 1 aromatic carbocycles. The van der Waals surface area contributed by atoms with Crippen molar-refractivity contribution in [2.24, 2.45) is 11.1 Å². The third-order valence-electron chi connectivity index (χ3n) is 6.74. The summed E-state index contributed by atoms with van der Waals surface area (Å²) in [7, 11) is -4.14. The number of hydrogen-bond acceptors (Lipinski definition) is 10. The molecule has 39 heavy (non-hydrogen) atoms. The number of aromatic nitrogens is 2. The number of aliphatic hydroxyl groups is 1. The molecule has 2 aromatic heterocycles. The molecule has 0 saturated heterocycles. The van der Waals surface area contributed by atoms with Crippen LogP contribution in [0.2, 0.25) is 4.34 Å². The summed E-state index contributed by atoms with van der Waals surface area (Å²) < 4.78 is 60.7. The first-order valence-corrected chi connectivity index (χ1v) is 14.5. The highest BCUT2D eigenvalue weighted by Gasteiger charge is 2.35. The van der Waals surface area contributed by atoms with Crippen LogP contribution in [0.15, 0.2) is 30.7 Å². The number of anilines is 1. The highest BCUT2D eigenvalue weighted by molar-refractivity contribution is 7.84. The summed E-state index contributed by atoms with van der Waals surface area (Å²) in [6.45, 7) is 0.00237. The maximum atomic E-state index is 14.0. The second-order valence-electron chi connectivity index (χ2n) is 9.34. The van der Waals surface area contributed by atoms with Gasteiger partial charge in [0, 0.05) is 23.7 Å². The summed E-state index contributed by atoms with van der Waals surface area (Å²) in [6.07, 6.45) is 2.02. The van der Waals surface area contributed by atoms with Crippen molar-refractivity contribution < 1.29 is 36.0 Å². The Kier molecular flexibility index (Phi) is 7.97. The van der Waals surface area contributed by atoms with Gasteiger partial charge >= 0.3 is 10.3 Å². The molecule has 208 valence electrons. The van der Waals surface area contributed by atoms with Crippen molar-refractivity contribution in [3.05, 3.63) is 73.8 Å². The number of nitrogens with two attached hydrogens (primary N) is 1. The van der Waals surface area contributed by atoms with Gasteiger partial charge in [0.05, 0.1) is 34.1 Å². The normalized spacial score (nSPS) is 23.0. The fourth-order valence-corrected chi connectivity index (χ4v) is 6.52. The summed E-state index contributed by atoms with van der Waals surface area (Å²) in [6, 6.07) is 3.47.